The Bertz CT molecular complexity index is 1200. The van der Waals surface area contributed by atoms with E-state index in [2.05, 4.69) is 43.7 Å². The zero-order valence-corrected chi connectivity index (χ0v) is 19.7. The molecule has 2 amide bonds. The highest BCUT2D eigenvalue weighted by Crippen LogP contribution is 2.51. The Kier molecular flexibility index (Phi) is 5.76. The molecular weight excluding hydrogens is 438 g/mol. The minimum absolute atomic E-state index is 0.00227. The standard InChI is InChI=1S/C28H31N5O2/c34-27(18-8-2-1-3-9-18)32-23-13-7-5-11-20(23)28(35)33-17-14-21-24(26-29-15-16-30-26)31-22-12-6-4-10-19(22)25(21)33/h1-4,6,8-10,12,15-16,20-21,23-25,31H,5,7,11,13-14,17H2,(H,29,30)(H,32,34)/t20-,21-,23+,24-,25+/m0/s1. The van der Waals surface area contributed by atoms with Gasteiger partial charge in [-0.05, 0) is 43.0 Å². The Morgan fingerprint density at radius 2 is 1.77 bits per heavy atom. The summed E-state index contributed by atoms with van der Waals surface area (Å²) in [7, 11) is 0. The molecule has 2 aromatic carbocycles. The van der Waals surface area contributed by atoms with E-state index in [0.29, 0.717) is 5.56 Å². The Labute approximate surface area is 205 Å². The third kappa shape index (κ3) is 3.99. The van der Waals surface area contributed by atoms with Gasteiger partial charge in [0.2, 0.25) is 5.91 Å². The predicted octanol–water partition coefficient (Wildman–Crippen LogP) is 4.45. The molecule has 1 aliphatic carbocycles. The largest absolute Gasteiger partial charge is 0.375 e. The lowest BCUT2D eigenvalue weighted by molar-refractivity contribution is -0.138. The molecule has 1 aromatic heterocycles. The average Bonchev–Trinajstić information content (AvgIpc) is 3.60. The molecule has 0 bridgehead atoms. The van der Waals surface area contributed by atoms with Crippen LogP contribution in [0, 0.1) is 11.8 Å². The van der Waals surface area contributed by atoms with E-state index < -0.39 is 0 Å². The van der Waals surface area contributed by atoms with Crippen molar-refractivity contribution in [3.8, 4) is 0 Å². The van der Waals surface area contributed by atoms with Gasteiger partial charge in [-0.15, -0.1) is 0 Å². The van der Waals surface area contributed by atoms with Crippen molar-refractivity contribution in [2.24, 2.45) is 11.8 Å². The van der Waals surface area contributed by atoms with Gasteiger partial charge in [-0.2, -0.15) is 0 Å². The topological polar surface area (TPSA) is 90.1 Å². The summed E-state index contributed by atoms with van der Waals surface area (Å²) < 4.78 is 0. The fourth-order valence-electron chi connectivity index (χ4n) is 6.34. The smallest absolute Gasteiger partial charge is 0.251 e. The van der Waals surface area contributed by atoms with Gasteiger partial charge >= 0.3 is 0 Å². The van der Waals surface area contributed by atoms with Crippen LogP contribution in [0.4, 0.5) is 5.69 Å². The lowest BCUT2D eigenvalue weighted by atomic mass is 9.80. The highest BCUT2D eigenvalue weighted by molar-refractivity contribution is 5.94. The number of carbonyl (C=O) groups excluding carboxylic acids is 2. The van der Waals surface area contributed by atoms with Gasteiger partial charge in [-0.3, -0.25) is 9.59 Å². The zero-order valence-electron chi connectivity index (χ0n) is 19.7. The van der Waals surface area contributed by atoms with Crippen molar-refractivity contribution in [1.29, 1.82) is 0 Å². The van der Waals surface area contributed by atoms with Crippen LogP contribution >= 0.6 is 0 Å². The molecule has 2 fully saturated rings. The van der Waals surface area contributed by atoms with E-state index in [9.17, 15) is 9.59 Å². The van der Waals surface area contributed by atoms with Gasteiger partial charge in [-0.25, -0.2) is 4.98 Å². The van der Waals surface area contributed by atoms with Gasteiger partial charge in [0.15, 0.2) is 0 Å². The second-order valence-electron chi connectivity index (χ2n) is 9.95. The number of hydrogen-bond donors (Lipinski definition) is 3. The number of anilines is 1. The number of H-pyrrole nitrogens is 1. The maximum atomic E-state index is 14.1. The molecule has 0 spiro atoms. The number of hydrogen-bond acceptors (Lipinski definition) is 4. The maximum absolute atomic E-state index is 14.1. The third-order valence-electron chi connectivity index (χ3n) is 8.00. The normalized spacial score (nSPS) is 27.4. The SMILES string of the molecule is O=C(N[C@@H]1CCCC[C@@H]1C(=O)N1CC[C@H]2[C@@H](c3ncc[nH]3)Nc3ccccc3[C@H]21)c1ccccc1. The van der Waals surface area contributed by atoms with Crippen molar-refractivity contribution in [1.82, 2.24) is 20.2 Å². The minimum atomic E-state index is -0.195. The van der Waals surface area contributed by atoms with Crippen LogP contribution < -0.4 is 10.6 Å². The molecule has 7 nitrogen and oxygen atoms in total. The lowest BCUT2D eigenvalue weighted by Gasteiger charge is -2.41. The molecule has 180 valence electrons. The van der Waals surface area contributed by atoms with Crippen molar-refractivity contribution >= 4 is 17.5 Å². The van der Waals surface area contributed by atoms with E-state index in [1.54, 1.807) is 6.20 Å². The Balaban J connectivity index is 1.27. The Hall–Kier alpha value is -3.61. The van der Waals surface area contributed by atoms with Crippen molar-refractivity contribution in [3.63, 3.8) is 0 Å². The number of amides is 2. The summed E-state index contributed by atoms with van der Waals surface area (Å²) in [6.07, 6.45) is 8.25. The molecular formula is C28H31N5O2. The number of nitrogens with one attached hydrogen (secondary N) is 3. The zero-order chi connectivity index (χ0) is 23.8. The van der Waals surface area contributed by atoms with Crippen molar-refractivity contribution < 1.29 is 9.59 Å². The van der Waals surface area contributed by atoms with E-state index in [1.165, 1.54) is 5.56 Å². The molecule has 0 unspecified atom stereocenters. The van der Waals surface area contributed by atoms with Crippen LogP contribution in [0.1, 0.15) is 65.9 Å². The second-order valence-corrected chi connectivity index (χ2v) is 9.95. The number of aromatic nitrogens is 2. The van der Waals surface area contributed by atoms with Gasteiger partial charge < -0.3 is 20.5 Å². The number of fused-ring (bicyclic) bond motifs is 3. The molecule has 3 heterocycles. The number of likely N-dealkylation sites (tertiary alicyclic amines) is 1. The van der Waals surface area contributed by atoms with Crippen LogP contribution in [0.5, 0.6) is 0 Å². The third-order valence-corrected chi connectivity index (χ3v) is 8.00. The minimum Gasteiger partial charge on any atom is -0.375 e. The highest BCUT2D eigenvalue weighted by atomic mass is 16.2. The monoisotopic (exact) mass is 469 g/mol. The molecule has 1 saturated carbocycles. The summed E-state index contributed by atoms with van der Waals surface area (Å²) in [5, 5.41) is 6.87. The summed E-state index contributed by atoms with van der Waals surface area (Å²) >= 11 is 0. The molecule has 1 saturated heterocycles. The van der Waals surface area contributed by atoms with Crippen LogP contribution in [0.15, 0.2) is 67.0 Å². The summed E-state index contributed by atoms with van der Waals surface area (Å²) in [6, 6.07) is 17.5. The number of aromatic amines is 1. The first-order valence-electron chi connectivity index (χ1n) is 12.7. The lowest BCUT2D eigenvalue weighted by Crippen LogP contribution is -2.50. The molecule has 5 atom stereocenters. The van der Waals surface area contributed by atoms with E-state index in [0.717, 1.165) is 50.2 Å². The molecule has 3 aromatic rings. The fourth-order valence-corrected chi connectivity index (χ4v) is 6.34. The van der Waals surface area contributed by atoms with E-state index in [4.69, 9.17) is 0 Å². The first-order chi connectivity index (χ1) is 17.2. The number of para-hydroxylation sites is 1. The van der Waals surface area contributed by atoms with Gasteiger partial charge in [0.1, 0.15) is 5.82 Å². The molecule has 3 aliphatic rings. The Morgan fingerprint density at radius 1 is 0.971 bits per heavy atom. The first kappa shape index (κ1) is 21.9. The highest BCUT2D eigenvalue weighted by Gasteiger charge is 2.49. The van der Waals surface area contributed by atoms with E-state index in [-0.39, 0.29) is 41.8 Å². The average molecular weight is 470 g/mol. The van der Waals surface area contributed by atoms with Gasteiger partial charge in [0.25, 0.3) is 5.91 Å². The Morgan fingerprint density at radius 3 is 2.60 bits per heavy atom. The van der Waals surface area contributed by atoms with Crippen molar-refractivity contribution in [2.45, 2.75) is 50.2 Å². The number of carbonyl (C=O) groups is 2. The first-order valence-corrected chi connectivity index (χ1v) is 12.7. The molecule has 35 heavy (non-hydrogen) atoms. The van der Waals surface area contributed by atoms with E-state index >= 15 is 0 Å². The molecule has 0 radical (unpaired) electrons. The summed E-state index contributed by atoms with van der Waals surface area (Å²) in [5.74, 6) is 1.03. The van der Waals surface area contributed by atoms with Crippen LogP contribution in [-0.2, 0) is 4.79 Å². The van der Waals surface area contributed by atoms with Crippen LogP contribution in [0.3, 0.4) is 0 Å². The van der Waals surface area contributed by atoms with Crippen LogP contribution in [0.25, 0.3) is 0 Å². The summed E-state index contributed by atoms with van der Waals surface area (Å²) in [6.45, 7) is 0.719. The number of rotatable bonds is 4. The molecule has 3 N–H and O–H groups in total. The van der Waals surface area contributed by atoms with Gasteiger partial charge in [0.05, 0.1) is 18.0 Å². The quantitative estimate of drug-likeness (QED) is 0.526. The van der Waals surface area contributed by atoms with Crippen LogP contribution in [-0.4, -0.2) is 39.3 Å². The molecule has 7 heteroatoms. The van der Waals surface area contributed by atoms with Crippen molar-refractivity contribution in [3.05, 3.63) is 83.9 Å². The summed E-state index contributed by atoms with van der Waals surface area (Å²) in [4.78, 5) is 36.9. The van der Waals surface area contributed by atoms with Crippen molar-refractivity contribution in [2.75, 3.05) is 11.9 Å². The molecule has 2 aliphatic heterocycles. The summed E-state index contributed by atoms with van der Waals surface area (Å²) in [5.41, 5.74) is 2.87. The number of nitrogens with zero attached hydrogens (tertiary/aromatic N) is 2. The maximum Gasteiger partial charge on any atom is 0.251 e. The fraction of sp³-hybridized carbons (Fsp3) is 0.393. The number of benzene rings is 2. The van der Waals surface area contributed by atoms with Gasteiger partial charge in [0, 0.05) is 42.1 Å². The van der Waals surface area contributed by atoms with Gasteiger partial charge in [-0.1, -0.05) is 49.2 Å². The molecule has 6 rings (SSSR count). The number of imidazole rings is 1. The predicted molar refractivity (Wildman–Crippen MR) is 134 cm³/mol. The van der Waals surface area contributed by atoms with Crippen LogP contribution in [0.2, 0.25) is 0 Å². The second kappa shape index (κ2) is 9.21. The van der Waals surface area contributed by atoms with E-state index in [1.807, 2.05) is 42.6 Å².